The number of aliphatic hydroxyl groups is 3. The van der Waals surface area contributed by atoms with Crippen molar-refractivity contribution in [1.82, 2.24) is 0 Å². The number of hydrogen-bond acceptors (Lipinski definition) is 3. The lowest BCUT2D eigenvalue weighted by atomic mass is 9.95. The molecule has 0 aliphatic heterocycles. The molecule has 72 valence electrons. The maximum Gasteiger partial charge on any atom is 0.0830 e. The molecule has 0 aromatic heterocycles. The molecule has 2 saturated carbocycles. The second kappa shape index (κ2) is 4.21. The number of hydrogen-bond donors (Lipinski definition) is 3. The fourth-order valence-corrected chi connectivity index (χ4v) is 2.23. The zero-order valence-electron chi connectivity index (χ0n) is 7.48. The highest BCUT2D eigenvalue weighted by atomic mass is 16.3. The summed E-state index contributed by atoms with van der Waals surface area (Å²) in [5, 5.41) is 26.0. The van der Waals surface area contributed by atoms with Crippen molar-refractivity contribution in [3.8, 4) is 0 Å². The molecule has 0 aromatic carbocycles. The van der Waals surface area contributed by atoms with Gasteiger partial charge in [-0.1, -0.05) is 0 Å². The van der Waals surface area contributed by atoms with Gasteiger partial charge in [-0.3, -0.25) is 0 Å². The minimum atomic E-state index is -0.399. The third-order valence-electron chi connectivity index (χ3n) is 2.83. The van der Waals surface area contributed by atoms with Crippen LogP contribution in [0.3, 0.4) is 0 Å². The quantitative estimate of drug-likeness (QED) is 0.489. The van der Waals surface area contributed by atoms with Crippen LogP contribution in [0.2, 0.25) is 0 Å². The van der Waals surface area contributed by atoms with Gasteiger partial charge in [-0.15, -0.1) is 0 Å². The summed E-state index contributed by atoms with van der Waals surface area (Å²) < 4.78 is 0. The summed E-state index contributed by atoms with van der Waals surface area (Å²) in [5.41, 5.74) is 0. The van der Waals surface area contributed by atoms with Crippen LogP contribution in [0.4, 0.5) is 0 Å². The summed E-state index contributed by atoms with van der Waals surface area (Å²) in [6, 6.07) is 0. The van der Waals surface area contributed by atoms with Gasteiger partial charge in [0, 0.05) is 6.61 Å². The van der Waals surface area contributed by atoms with Crippen molar-refractivity contribution >= 4 is 0 Å². The van der Waals surface area contributed by atoms with Gasteiger partial charge in [-0.05, 0) is 38.0 Å². The van der Waals surface area contributed by atoms with Crippen LogP contribution in [0.15, 0.2) is 0 Å². The smallest absolute Gasteiger partial charge is 0.0830 e. The largest absolute Gasteiger partial charge is 0.397 e. The Kier molecular flexibility index (Phi) is 3.50. The average Bonchev–Trinajstić information content (AvgIpc) is 2.58. The maximum atomic E-state index is 9.24. The minimum absolute atomic E-state index is 0.250. The Morgan fingerprint density at radius 1 is 1.08 bits per heavy atom. The van der Waals surface area contributed by atoms with Crippen molar-refractivity contribution in [3.63, 3.8) is 0 Å². The van der Waals surface area contributed by atoms with Crippen molar-refractivity contribution < 1.29 is 15.3 Å². The van der Waals surface area contributed by atoms with Crippen molar-refractivity contribution in [2.75, 3.05) is 6.61 Å². The lowest BCUT2D eigenvalue weighted by Gasteiger charge is -2.21. The Morgan fingerprint density at radius 3 is 1.58 bits per heavy atom. The Balaban J connectivity index is 0.000000213. The highest BCUT2D eigenvalue weighted by Crippen LogP contribution is 2.44. The molecule has 0 spiro atoms. The number of rotatable bonds is 0. The van der Waals surface area contributed by atoms with E-state index in [0.29, 0.717) is 11.8 Å². The van der Waals surface area contributed by atoms with E-state index in [4.69, 9.17) is 5.11 Å². The van der Waals surface area contributed by atoms with Crippen molar-refractivity contribution in [2.45, 2.75) is 38.4 Å². The molecule has 4 atom stereocenters. The normalized spacial score (nSPS) is 44.0. The Labute approximate surface area is 73.0 Å². The van der Waals surface area contributed by atoms with Crippen LogP contribution in [0.25, 0.3) is 0 Å². The molecule has 0 radical (unpaired) electrons. The van der Waals surface area contributed by atoms with Crippen molar-refractivity contribution in [1.29, 1.82) is 0 Å². The van der Waals surface area contributed by atoms with Gasteiger partial charge < -0.3 is 15.3 Å². The molecule has 12 heavy (non-hydrogen) atoms. The van der Waals surface area contributed by atoms with E-state index < -0.39 is 12.2 Å². The van der Waals surface area contributed by atoms with E-state index in [9.17, 15) is 10.2 Å². The van der Waals surface area contributed by atoms with Crippen LogP contribution in [0.1, 0.15) is 26.2 Å². The highest BCUT2D eigenvalue weighted by Gasteiger charge is 2.45. The molecule has 0 aromatic rings. The summed E-state index contributed by atoms with van der Waals surface area (Å²) in [6.07, 6.45) is 2.51. The zero-order chi connectivity index (χ0) is 9.14. The van der Waals surface area contributed by atoms with E-state index in [2.05, 4.69) is 0 Å². The molecule has 3 nitrogen and oxygen atoms in total. The fourth-order valence-electron chi connectivity index (χ4n) is 2.23. The van der Waals surface area contributed by atoms with E-state index in [1.54, 1.807) is 6.92 Å². The molecule has 2 unspecified atom stereocenters. The van der Waals surface area contributed by atoms with E-state index in [0.717, 1.165) is 19.3 Å². The van der Waals surface area contributed by atoms with Crippen LogP contribution in [0, 0.1) is 11.8 Å². The van der Waals surface area contributed by atoms with Gasteiger partial charge in [0.25, 0.3) is 0 Å². The van der Waals surface area contributed by atoms with E-state index in [1.807, 2.05) is 0 Å². The van der Waals surface area contributed by atoms with Gasteiger partial charge in [0.15, 0.2) is 0 Å². The van der Waals surface area contributed by atoms with Crippen LogP contribution >= 0.6 is 0 Å². The summed E-state index contributed by atoms with van der Waals surface area (Å²) in [4.78, 5) is 0. The molecule has 0 amide bonds. The molecule has 2 bridgehead atoms. The first-order valence-electron chi connectivity index (χ1n) is 4.67. The lowest BCUT2D eigenvalue weighted by molar-refractivity contribution is -0.0160. The molecule has 0 heterocycles. The van der Waals surface area contributed by atoms with Crippen LogP contribution in [0.5, 0.6) is 0 Å². The van der Waals surface area contributed by atoms with E-state index in [1.165, 1.54) is 0 Å². The van der Waals surface area contributed by atoms with Gasteiger partial charge >= 0.3 is 0 Å². The van der Waals surface area contributed by atoms with Crippen LogP contribution < -0.4 is 0 Å². The molecular weight excluding hydrogens is 156 g/mol. The minimum Gasteiger partial charge on any atom is -0.397 e. The molecule has 2 aliphatic rings. The summed E-state index contributed by atoms with van der Waals surface area (Å²) in [7, 11) is 0. The predicted octanol–water partition coefficient (Wildman–Crippen LogP) is 0.137. The Hall–Kier alpha value is -0.120. The van der Waals surface area contributed by atoms with E-state index >= 15 is 0 Å². The van der Waals surface area contributed by atoms with Crippen molar-refractivity contribution in [2.24, 2.45) is 11.8 Å². The average molecular weight is 174 g/mol. The van der Waals surface area contributed by atoms with Crippen molar-refractivity contribution in [3.05, 3.63) is 0 Å². The number of fused-ring (bicyclic) bond motifs is 2. The predicted molar refractivity (Wildman–Crippen MR) is 45.6 cm³/mol. The van der Waals surface area contributed by atoms with Gasteiger partial charge in [-0.25, -0.2) is 0 Å². The third kappa shape index (κ3) is 1.79. The molecule has 2 aliphatic carbocycles. The fraction of sp³-hybridized carbons (Fsp3) is 1.00. The Bertz CT molecular complexity index is 120. The molecule has 0 saturated heterocycles. The first kappa shape index (κ1) is 9.96. The van der Waals surface area contributed by atoms with Crippen LogP contribution in [-0.4, -0.2) is 34.1 Å². The third-order valence-corrected chi connectivity index (χ3v) is 2.83. The first-order valence-corrected chi connectivity index (χ1v) is 4.67. The SMILES string of the molecule is CCO.O[C@@H]1C2CCC(C2)[C@H]1O. The summed E-state index contributed by atoms with van der Waals surface area (Å²) in [5.74, 6) is 0.843. The highest BCUT2D eigenvalue weighted by molar-refractivity contribution is 4.96. The second-order valence-corrected chi connectivity index (χ2v) is 3.63. The monoisotopic (exact) mass is 174 g/mol. The van der Waals surface area contributed by atoms with Gasteiger partial charge in [0.2, 0.25) is 0 Å². The summed E-state index contributed by atoms with van der Waals surface area (Å²) >= 11 is 0. The van der Waals surface area contributed by atoms with Crippen LogP contribution in [-0.2, 0) is 0 Å². The molecule has 3 N–H and O–H groups in total. The first-order chi connectivity index (χ1) is 5.70. The summed E-state index contributed by atoms with van der Waals surface area (Å²) in [6.45, 7) is 1.93. The topological polar surface area (TPSA) is 60.7 Å². The molecular formula is C9H18O3. The lowest BCUT2D eigenvalue weighted by Crippen LogP contribution is -2.31. The molecule has 3 heteroatoms. The zero-order valence-corrected chi connectivity index (χ0v) is 7.48. The molecule has 2 rings (SSSR count). The molecule has 2 fully saturated rings. The van der Waals surface area contributed by atoms with Gasteiger partial charge in [0.1, 0.15) is 0 Å². The second-order valence-electron chi connectivity index (χ2n) is 3.63. The maximum absolute atomic E-state index is 9.24. The van der Waals surface area contributed by atoms with Gasteiger partial charge in [0.05, 0.1) is 12.2 Å². The van der Waals surface area contributed by atoms with Gasteiger partial charge in [-0.2, -0.15) is 0 Å². The standard InChI is InChI=1S/C7H12O2.C2H6O/c8-6-4-1-2-5(3-4)7(6)9;1-2-3/h4-9H,1-3H2;3H,2H2,1H3/t4?,5?,6-,7-;/m1./s1. The number of aliphatic hydroxyl groups excluding tert-OH is 3. The Morgan fingerprint density at radius 2 is 1.42 bits per heavy atom. The van der Waals surface area contributed by atoms with E-state index in [-0.39, 0.29) is 6.61 Å².